The van der Waals surface area contributed by atoms with Crippen molar-refractivity contribution in [1.29, 1.82) is 0 Å². The molecule has 0 spiro atoms. The zero-order valence-electron chi connectivity index (χ0n) is 11.9. The SMILES string of the molecule is Cc1cc(C)c(NC(=O)C(F)(F)C2(O)CCC2)c(C)c1. The van der Waals surface area contributed by atoms with Crippen LogP contribution in [0.15, 0.2) is 12.1 Å². The maximum absolute atomic E-state index is 14.0. The second-order valence-corrected chi connectivity index (χ2v) is 5.69. The molecule has 0 heterocycles. The van der Waals surface area contributed by atoms with Crippen molar-refractivity contribution in [1.82, 2.24) is 0 Å². The summed E-state index contributed by atoms with van der Waals surface area (Å²) in [5.41, 5.74) is 0.661. The van der Waals surface area contributed by atoms with Crippen LogP contribution in [-0.2, 0) is 4.79 Å². The van der Waals surface area contributed by atoms with Gasteiger partial charge in [-0.3, -0.25) is 4.79 Å². The molecule has 110 valence electrons. The molecule has 1 aliphatic carbocycles. The molecule has 3 nitrogen and oxygen atoms in total. The van der Waals surface area contributed by atoms with Crippen LogP contribution in [0.3, 0.4) is 0 Å². The standard InChI is InChI=1S/C15H19F2NO2/c1-9-7-10(2)12(11(3)8-9)18-13(19)15(16,17)14(20)5-4-6-14/h7-8,20H,4-6H2,1-3H3,(H,18,19). The molecule has 0 aliphatic heterocycles. The van der Waals surface area contributed by atoms with E-state index in [1.165, 1.54) is 0 Å². The maximum atomic E-state index is 14.0. The number of carbonyl (C=O) groups is 1. The first kappa shape index (κ1) is 14.9. The van der Waals surface area contributed by atoms with Gasteiger partial charge in [-0.15, -0.1) is 0 Å². The molecule has 5 heteroatoms. The van der Waals surface area contributed by atoms with Crippen LogP contribution in [0.2, 0.25) is 0 Å². The fourth-order valence-corrected chi connectivity index (χ4v) is 2.61. The molecule has 1 fully saturated rings. The van der Waals surface area contributed by atoms with Crippen LogP contribution in [0.25, 0.3) is 0 Å². The second kappa shape index (κ2) is 4.81. The maximum Gasteiger partial charge on any atom is 0.352 e. The first-order chi connectivity index (χ1) is 9.17. The highest BCUT2D eigenvalue weighted by molar-refractivity contribution is 5.98. The lowest BCUT2D eigenvalue weighted by molar-refractivity contribution is -0.212. The van der Waals surface area contributed by atoms with Crippen molar-refractivity contribution in [2.24, 2.45) is 0 Å². The van der Waals surface area contributed by atoms with Gasteiger partial charge in [-0.25, -0.2) is 0 Å². The number of hydrogen-bond acceptors (Lipinski definition) is 2. The van der Waals surface area contributed by atoms with Gasteiger partial charge in [-0.05, 0) is 51.2 Å². The van der Waals surface area contributed by atoms with Gasteiger partial charge in [-0.1, -0.05) is 17.7 Å². The lowest BCUT2D eigenvalue weighted by Crippen LogP contribution is -2.59. The Morgan fingerprint density at radius 3 is 2.15 bits per heavy atom. The van der Waals surface area contributed by atoms with Crippen molar-refractivity contribution >= 4 is 11.6 Å². The van der Waals surface area contributed by atoms with E-state index < -0.39 is 17.4 Å². The van der Waals surface area contributed by atoms with Crippen molar-refractivity contribution in [3.63, 3.8) is 0 Å². The van der Waals surface area contributed by atoms with E-state index in [4.69, 9.17) is 0 Å². The highest BCUT2D eigenvalue weighted by Gasteiger charge is 2.61. The van der Waals surface area contributed by atoms with Crippen molar-refractivity contribution in [2.45, 2.75) is 51.6 Å². The van der Waals surface area contributed by atoms with E-state index in [-0.39, 0.29) is 12.8 Å². The van der Waals surface area contributed by atoms with Gasteiger partial charge in [0.2, 0.25) is 0 Å². The molecule has 2 rings (SSSR count). The number of carbonyl (C=O) groups excluding carboxylic acids is 1. The van der Waals surface area contributed by atoms with E-state index in [1.807, 2.05) is 19.1 Å². The first-order valence-electron chi connectivity index (χ1n) is 6.67. The highest BCUT2D eigenvalue weighted by atomic mass is 19.3. The average Bonchev–Trinajstić information content (AvgIpc) is 2.30. The van der Waals surface area contributed by atoms with Gasteiger partial charge in [-0.2, -0.15) is 8.78 Å². The molecule has 0 radical (unpaired) electrons. The van der Waals surface area contributed by atoms with Gasteiger partial charge < -0.3 is 10.4 Å². The second-order valence-electron chi connectivity index (χ2n) is 5.69. The van der Waals surface area contributed by atoms with Gasteiger partial charge in [0.15, 0.2) is 0 Å². The summed E-state index contributed by atoms with van der Waals surface area (Å²) in [6.45, 7) is 5.41. The minimum Gasteiger partial charge on any atom is -0.383 e. The number of nitrogens with one attached hydrogen (secondary N) is 1. The number of aliphatic hydroxyl groups is 1. The van der Waals surface area contributed by atoms with Crippen molar-refractivity contribution in [2.75, 3.05) is 5.32 Å². The van der Waals surface area contributed by atoms with Crippen LogP contribution in [0.4, 0.5) is 14.5 Å². The summed E-state index contributed by atoms with van der Waals surface area (Å²) >= 11 is 0. The average molecular weight is 283 g/mol. The van der Waals surface area contributed by atoms with Gasteiger partial charge in [0, 0.05) is 5.69 Å². The Kier molecular flexibility index (Phi) is 3.58. The number of halogens is 2. The van der Waals surface area contributed by atoms with Crippen molar-refractivity contribution in [3.8, 4) is 0 Å². The predicted octanol–water partition coefficient (Wildman–Crippen LogP) is 3.10. The van der Waals surface area contributed by atoms with Crippen LogP contribution < -0.4 is 5.32 Å². The molecule has 2 N–H and O–H groups in total. The molecule has 1 aromatic carbocycles. The monoisotopic (exact) mass is 283 g/mol. The summed E-state index contributed by atoms with van der Waals surface area (Å²) in [6.07, 6.45) is 0.431. The van der Waals surface area contributed by atoms with E-state index in [9.17, 15) is 18.7 Å². The summed E-state index contributed by atoms with van der Waals surface area (Å²) in [4.78, 5) is 11.8. The molecule has 1 aliphatic rings. The third kappa shape index (κ3) is 2.30. The molecule has 0 aromatic heterocycles. The Bertz CT molecular complexity index is 528. The largest absolute Gasteiger partial charge is 0.383 e. The number of rotatable bonds is 3. The van der Waals surface area contributed by atoms with Crippen LogP contribution in [0.1, 0.15) is 36.0 Å². The molecule has 1 saturated carbocycles. The van der Waals surface area contributed by atoms with E-state index in [0.29, 0.717) is 12.1 Å². The van der Waals surface area contributed by atoms with Crippen molar-refractivity contribution < 1.29 is 18.7 Å². The number of alkyl halides is 2. The molecular weight excluding hydrogens is 264 g/mol. The topological polar surface area (TPSA) is 49.3 Å². The smallest absolute Gasteiger partial charge is 0.352 e. The van der Waals surface area contributed by atoms with E-state index >= 15 is 0 Å². The van der Waals surface area contributed by atoms with Crippen LogP contribution in [0.5, 0.6) is 0 Å². The van der Waals surface area contributed by atoms with Gasteiger partial charge >= 0.3 is 5.92 Å². The minimum absolute atomic E-state index is 0.0424. The van der Waals surface area contributed by atoms with E-state index in [1.54, 1.807) is 13.8 Å². The minimum atomic E-state index is -3.77. The Balaban J connectivity index is 2.24. The molecule has 1 aromatic rings. The Labute approximate surface area is 117 Å². The third-order valence-corrected chi connectivity index (χ3v) is 3.97. The van der Waals surface area contributed by atoms with Crippen LogP contribution >= 0.6 is 0 Å². The fourth-order valence-electron chi connectivity index (χ4n) is 2.61. The van der Waals surface area contributed by atoms with Gasteiger partial charge in [0.25, 0.3) is 5.91 Å². The first-order valence-corrected chi connectivity index (χ1v) is 6.67. The summed E-state index contributed by atoms with van der Waals surface area (Å²) in [5, 5.41) is 12.0. The quantitative estimate of drug-likeness (QED) is 0.895. The Morgan fingerprint density at radius 2 is 1.75 bits per heavy atom. The molecule has 0 saturated heterocycles. The van der Waals surface area contributed by atoms with Gasteiger partial charge in [0.1, 0.15) is 5.60 Å². The zero-order valence-corrected chi connectivity index (χ0v) is 11.9. The number of amides is 1. The normalized spacial score (nSPS) is 17.5. The van der Waals surface area contributed by atoms with Gasteiger partial charge in [0.05, 0.1) is 0 Å². The molecular formula is C15H19F2NO2. The molecule has 20 heavy (non-hydrogen) atoms. The number of benzene rings is 1. The Morgan fingerprint density at radius 1 is 1.25 bits per heavy atom. The lowest BCUT2D eigenvalue weighted by Gasteiger charge is -2.41. The van der Waals surface area contributed by atoms with Crippen LogP contribution in [-0.4, -0.2) is 22.5 Å². The molecule has 1 amide bonds. The molecule has 0 bridgehead atoms. The highest BCUT2D eigenvalue weighted by Crippen LogP contribution is 2.44. The molecule has 0 atom stereocenters. The summed E-state index contributed by atoms with van der Waals surface area (Å²) in [6, 6.07) is 3.64. The summed E-state index contributed by atoms with van der Waals surface area (Å²) in [5.74, 6) is -5.20. The number of aryl methyl sites for hydroxylation is 3. The predicted molar refractivity (Wildman–Crippen MR) is 73.0 cm³/mol. The lowest BCUT2D eigenvalue weighted by atomic mass is 9.75. The summed E-state index contributed by atoms with van der Waals surface area (Å²) in [7, 11) is 0. The molecule has 0 unspecified atom stereocenters. The Hall–Kier alpha value is -1.49. The van der Waals surface area contributed by atoms with E-state index in [2.05, 4.69) is 5.32 Å². The third-order valence-electron chi connectivity index (χ3n) is 3.97. The van der Waals surface area contributed by atoms with E-state index in [0.717, 1.165) is 16.7 Å². The summed E-state index contributed by atoms with van der Waals surface area (Å²) < 4.78 is 28.0. The fraction of sp³-hybridized carbons (Fsp3) is 0.533. The van der Waals surface area contributed by atoms with Crippen molar-refractivity contribution in [3.05, 3.63) is 28.8 Å². The zero-order chi connectivity index (χ0) is 15.1. The van der Waals surface area contributed by atoms with Crippen LogP contribution in [0, 0.1) is 20.8 Å². The number of hydrogen-bond donors (Lipinski definition) is 2. The number of anilines is 1.